The van der Waals surface area contributed by atoms with Crippen LogP contribution >= 0.6 is 38.0 Å². The third-order valence-corrected chi connectivity index (χ3v) is 24.6. The Kier molecular flexibility index (Phi) is 10.2. The third kappa shape index (κ3) is 6.10. The first-order valence-electron chi connectivity index (χ1n) is 18.5. The van der Waals surface area contributed by atoms with Crippen LogP contribution in [0.4, 0.5) is 0 Å². The van der Waals surface area contributed by atoms with Gasteiger partial charge < -0.3 is 0 Å². The molecule has 2 unspecified atom stereocenters. The van der Waals surface area contributed by atoms with Crippen LogP contribution in [0, 0.1) is 0 Å². The van der Waals surface area contributed by atoms with Crippen molar-refractivity contribution in [3.8, 4) is 0 Å². The van der Waals surface area contributed by atoms with E-state index in [-0.39, 0.29) is 23.9 Å². The molecule has 1 saturated heterocycles. The number of halogens is 1. The fourth-order valence-corrected chi connectivity index (χ4v) is 22.2. The van der Waals surface area contributed by atoms with Gasteiger partial charge in [0.2, 0.25) is 0 Å². The van der Waals surface area contributed by atoms with Gasteiger partial charge in [-0.2, -0.15) is 0 Å². The van der Waals surface area contributed by atoms with E-state index in [4.69, 9.17) is 0 Å². The zero-order chi connectivity index (χ0) is 38.9. The summed E-state index contributed by atoms with van der Waals surface area (Å²) in [6.45, 7) is 2.17. The van der Waals surface area contributed by atoms with Crippen LogP contribution in [0.3, 0.4) is 0 Å². The van der Waals surface area contributed by atoms with Crippen molar-refractivity contribution < 1.29 is 19.5 Å². The van der Waals surface area contributed by atoms with Crippen molar-refractivity contribution in [1.82, 2.24) is 10.2 Å². The topological polar surface area (TPSA) is 86.7 Å². The maximum absolute atomic E-state index is 14.6. The molecule has 0 saturated carbocycles. The number of fused-ring (bicyclic) bond motifs is 1. The van der Waals surface area contributed by atoms with Crippen LogP contribution in [0.5, 0.6) is 0 Å². The number of rotatable bonds is 11. The fraction of sp³-hybridized carbons (Fsp3) is 0.128. The summed E-state index contributed by atoms with van der Waals surface area (Å²) in [4.78, 5) is 44.1. The number of carboxylic acid groups (broad SMARTS) is 1. The minimum atomic E-state index is -4.17. The molecule has 0 spiro atoms. The molecule has 2 heterocycles. The Hall–Kier alpha value is -5.02. The normalized spacial score (nSPS) is 20.0. The summed E-state index contributed by atoms with van der Waals surface area (Å²) in [5.41, 5.74) is 2.81. The van der Waals surface area contributed by atoms with E-state index in [9.17, 15) is 19.5 Å². The first-order valence-corrected chi connectivity index (χ1v) is 24.4. The molecule has 1 fully saturated rings. The Morgan fingerprint density at radius 2 is 1.09 bits per heavy atom. The zero-order valence-corrected chi connectivity index (χ0v) is 34.5. The van der Waals surface area contributed by atoms with Gasteiger partial charge >= 0.3 is 347 Å². The van der Waals surface area contributed by atoms with Crippen molar-refractivity contribution in [2.24, 2.45) is 0 Å². The molecule has 6 nitrogen and oxygen atoms in total. The van der Waals surface area contributed by atoms with Crippen LogP contribution in [0.15, 0.2) is 193 Å². The number of carbonyl (C=O) groups is 3. The Balaban J connectivity index is 1.48. The number of aliphatic carboxylic acids is 1. The van der Waals surface area contributed by atoms with Gasteiger partial charge in [-0.1, -0.05) is 0 Å². The van der Waals surface area contributed by atoms with E-state index < -0.39 is 32.3 Å². The van der Waals surface area contributed by atoms with Gasteiger partial charge in [0.05, 0.1) is 0 Å². The molecule has 9 heteroatoms. The van der Waals surface area contributed by atoms with Crippen molar-refractivity contribution in [2.45, 2.75) is 35.4 Å². The van der Waals surface area contributed by atoms with Gasteiger partial charge in [-0.25, -0.2) is 0 Å². The first-order chi connectivity index (χ1) is 27.2. The van der Waals surface area contributed by atoms with Crippen molar-refractivity contribution >= 4 is 71.7 Å². The van der Waals surface area contributed by atoms with Crippen LogP contribution < -0.4 is 21.2 Å². The summed E-state index contributed by atoms with van der Waals surface area (Å²) in [6.07, 6.45) is 0.100. The molecule has 8 rings (SSSR count). The number of β-lactam (4-membered cyclic amide) rings is 1. The summed E-state index contributed by atoms with van der Waals surface area (Å²) in [7, 11) is 0. The monoisotopic (exact) mass is 886 g/mol. The average Bonchev–Trinajstić information content (AvgIpc) is 3.24. The Bertz CT molecular complexity index is 2280. The SMILES string of the molecule is CC1(C(c2ccccc2)c2ccccc2)S[C@@H]2C(NC(=O)Cc3ccccc3)C(=O)N2C(C(=O)O)=C1P(I)(c1ccccc1)(c1ccccc1)c1ccccc1. The molecule has 3 atom stereocenters. The Morgan fingerprint density at radius 3 is 1.50 bits per heavy atom. The number of thioether (sulfide) groups is 1. The fourth-order valence-electron chi connectivity index (χ4n) is 8.72. The molecule has 0 aliphatic carbocycles. The van der Waals surface area contributed by atoms with E-state index in [1.165, 1.54) is 4.90 Å². The minimum absolute atomic E-state index is 0.0321. The summed E-state index contributed by atoms with van der Waals surface area (Å²) in [6, 6.07) is 59.6. The Labute approximate surface area is 344 Å². The van der Waals surface area contributed by atoms with E-state index in [2.05, 4.69) is 94.9 Å². The van der Waals surface area contributed by atoms with Gasteiger partial charge in [0, 0.05) is 0 Å². The molecule has 6 aromatic carbocycles. The first kappa shape index (κ1) is 37.9. The van der Waals surface area contributed by atoms with E-state index >= 15 is 0 Å². The van der Waals surface area contributed by atoms with Crippen molar-refractivity contribution in [1.29, 1.82) is 0 Å². The van der Waals surface area contributed by atoms with Gasteiger partial charge in [-0.05, 0) is 0 Å². The molecular weight excluding hydrogens is 846 g/mol. The Morgan fingerprint density at radius 1 is 0.696 bits per heavy atom. The molecule has 0 radical (unpaired) electrons. The third-order valence-electron chi connectivity index (χ3n) is 11.0. The predicted octanol–water partition coefficient (Wildman–Crippen LogP) is 8.40. The van der Waals surface area contributed by atoms with Crippen molar-refractivity contribution in [3.63, 3.8) is 0 Å². The summed E-state index contributed by atoms with van der Waals surface area (Å²) in [5.74, 6) is -2.30. The van der Waals surface area contributed by atoms with Crippen molar-refractivity contribution in [2.75, 3.05) is 0 Å². The number of hydrogen-bond acceptors (Lipinski definition) is 4. The maximum atomic E-state index is 14.6. The number of carboxylic acids is 1. The van der Waals surface area contributed by atoms with Crippen LogP contribution in [-0.4, -0.2) is 44.0 Å². The van der Waals surface area contributed by atoms with E-state index in [0.29, 0.717) is 5.31 Å². The number of amides is 2. The second-order valence-electron chi connectivity index (χ2n) is 14.3. The van der Waals surface area contributed by atoms with Crippen molar-refractivity contribution in [3.05, 3.63) is 210 Å². The number of hydrogen-bond donors (Lipinski definition) is 2. The second-order valence-corrected chi connectivity index (χ2v) is 25.7. The van der Waals surface area contributed by atoms with E-state index in [0.717, 1.165) is 32.6 Å². The molecule has 0 aromatic heterocycles. The molecule has 2 aliphatic rings. The average molecular weight is 887 g/mol. The summed E-state index contributed by atoms with van der Waals surface area (Å²) >= 11 is 4.22. The molecule has 2 aliphatic heterocycles. The second kappa shape index (κ2) is 15.1. The van der Waals surface area contributed by atoms with Crippen LogP contribution in [0.25, 0.3) is 0 Å². The van der Waals surface area contributed by atoms with E-state index in [1.807, 2.05) is 121 Å². The summed E-state index contributed by atoms with van der Waals surface area (Å²) in [5, 5.41) is 17.7. The van der Waals surface area contributed by atoms with E-state index in [1.54, 1.807) is 11.8 Å². The van der Waals surface area contributed by atoms with Gasteiger partial charge in [0.15, 0.2) is 0 Å². The molecule has 2 N–H and O–H groups in total. The molecule has 56 heavy (non-hydrogen) atoms. The quantitative estimate of drug-likeness (QED) is 0.0776. The number of benzene rings is 6. The van der Waals surface area contributed by atoms with Gasteiger partial charge in [-0.3, -0.25) is 0 Å². The van der Waals surface area contributed by atoms with Gasteiger partial charge in [0.25, 0.3) is 0 Å². The number of nitrogens with one attached hydrogen (secondary N) is 1. The molecular formula is C47H40IN2O4PS. The molecule has 0 bridgehead atoms. The molecule has 6 aromatic rings. The van der Waals surface area contributed by atoms with Crippen LogP contribution in [0.1, 0.15) is 29.5 Å². The molecule has 280 valence electrons. The zero-order valence-electron chi connectivity index (χ0n) is 30.6. The van der Waals surface area contributed by atoms with Crippen LogP contribution in [0.2, 0.25) is 0 Å². The number of nitrogens with zero attached hydrogens (tertiary/aromatic N) is 1. The standard InChI is InChI=1S/C47H40IN2O4PS/c1-47(40(34-22-10-3-11-23-34)35-24-12-4-13-25-35)43(42(46(53)54)50-44(52)41(45(50)56-47)49-39(51)32-33-20-8-2-9-21-33)55(48,36-26-14-5-15-27-36,37-28-16-6-17-29-37)38-30-18-7-19-31-38/h2-31,40-41,45H,32H2,1H3,(H,49,51)(H,53,54)/t41?,45-,47?/m1/s1. The predicted molar refractivity (Wildman–Crippen MR) is 237 cm³/mol. The van der Waals surface area contributed by atoms with Crippen LogP contribution in [-0.2, 0) is 20.8 Å². The number of carbonyl (C=O) groups excluding carboxylic acids is 2. The van der Waals surface area contributed by atoms with Gasteiger partial charge in [0.1, 0.15) is 0 Å². The van der Waals surface area contributed by atoms with Gasteiger partial charge in [-0.15, -0.1) is 0 Å². The summed E-state index contributed by atoms with van der Waals surface area (Å²) < 4.78 is -5.20. The molecule has 2 amide bonds.